The Balaban J connectivity index is 3.06. The Morgan fingerprint density at radius 2 is 1.71 bits per heavy atom. The molecule has 1 rings (SSSR count). The maximum Gasteiger partial charge on any atom is 0.127 e. The third-order valence-corrected chi connectivity index (χ3v) is 4.50. The van der Waals surface area contributed by atoms with Gasteiger partial charge in [-0.3, -0.25) is 0 Å². The van der Waals surface area contributed by atoms with Crippen molar-refractivity contribution in [3.8, 4) is 11.5 Å². The Morgan fingerprint density at radius 1 is 1.14 bits per heavy atom. The summed E-state index contributed by atoms with van der Waals surface area (Å²) in [5, 5.41) is 3.63. The number of rotatable bonds is 8. The molecule has 0 aliphatic rings. The molecule has 0 saturated heterocycles. The van der Waals surface area contributed by atoms with Crippen LogP contribution in [-0.2, 0) is 0 Å². The van der Waals surface area contributed by atoms with Gasteiger partial charge < -0.3 is 14.8 Å². The molecule has 1 unspecified atom stereocenters. The monoisotopic (exact) mass is 311 g/mol. The summed E-state index contributed by atoms with van der Waals surface area (Å²) in [5.41, 5.74) is 1.12. The molecule has 0 amide bonds. The van der Waals surface area contributed by atoms with E-state index in [0.29, 0.717) is 0 Å². The molecule has 0 aliphatic heterocycles. The summed E-state index contributed by atoms with van der Waals surface area (Å²) in [5.74, 6) is 2.76. The Kier molecular flexibility index (Phi) is 7.40. The Labute approximate surface area is 133 Å². The first-order chi connectivity index (χ1) is 9.92. The minimum absolute atomic E-state index is 0.222. The maximum atomic E-state index is 5.55. The van der Waals surface area contributed by atoms with E-state index in [9.17, 15) is 0 Å². The van der Waals surface area contributed by atoms with Crippen LogP contribution in [0.3, 0.4) is 0 Å². The molecule has 1 N–H and O–H groups in total. The van der Waals surface area contributed by atoms with Crippen molar-refractivity contribution in [1.82, 2.24) is 5.32 Å². The third-order valence-electron chi connectivity index (χ3n) is 3.14. The van der Waals surface area contributed by atoms with E-state index in [0.717, 1.165) is 35.8 Å². The summed E-state index contributed by atoms with van der Waals surface area (Å²) in [7, 11) is 3.43. The van der Waals surface area contributed by atoms with Gasteiger partial charge in [0.1, 0.15) is 11.5 Å². The van der Waals surface area contributed by atoms with Crippen LogP contribution in [0.2, 0.25) is 0 Å². The van der Waals surface area contributed by atoms with E-state index in [4.69, 9.17) is 9.47 Å². The molecule has 4 heteroatoms. The highest BCUT2D eigenvalue weighted by molar-refractivity contribution is 8.00. The SMILES string of the molecule is CCCNC(CSC(C)(C)C)c1c(OC)cccc1OC. The van der Waals surface area contributed by atoms with E-state index < -0.39 is 0 Å². The molecule has 0 fully saturated rings. The van der Waals surface area contributed by atoms with Gasteiger partial charge in [-0.2, -0.15) is 11.8 Å². The van der Waals surface area contributed by atoms with Crippen LogP contribution in [0, 0.1) is 0 Å². The van der Waals surface area contributed by atoms with Crippen molar-refractivity contribution < 1.29 is 9.47 Å². The van der Waals surface area contributed by atoms with Crippen molar-refractivity contribution in [3.05, 3.63) is 23.8 Å². The van der Waals surface area contributed by atoms with E-state index in [2.05, 4.69) is 33.0 Å². The normalized spacial score (nSPS) is 13.0. The summed E-state index contributed by atoms with van der Waals surface area (Å²) in [6, 6.07) is 6.19. The van der Waals surface area contributed by atoms with Gasteiger partial charge in [0.05, 0.1) is 19.8 Å². The zero-order chi connectivity index (χ0) is 15.9. The molecule has 0 aromatic heterocycles. The first-order valence-electron chi connectivity index (χ1n) is 7.51. The minimum Gasteiger partial charge on any atom is -0.496 e. The molecule has 3 nitrogen and oxygen atoms in total. The molecule has 1 atom stereocenters. The zero-order valence-corrected chi connectivity index (χ0v) is 15.0. The third kappa shape index (κ3) is 5.79. The highest BCUT2D eigenvalue weighted by atomic mass is 32.2. The van der Waals surface area contributed by atoms with Crippen molar-refractivity contribution in [2.24, 2.45) is 0 Å². The Morgan fingerprint density at radius 3 is 2.14 bits per heavy atom. The number of thioether (sulfide) groups is 1. The van der Waals surface area contributed by atoms with Crippen LogP contribution in [-0.4, -0.2) is 31.3 Å². The standard InChI is InChI=1S/C17H29NO2S/c1-7-11-18-13(12-21-17(2,3)4)16-14(19-5)9-8-10-15(16)20-6/h8-10,13,18H,7,11-12H2,1-6H3. The second kappa shape index (κ2) is 8.54. The Hall–Kier alpha value is -0.870. The molecule has 0 saturated carbocycles. The average Bonchev–Trinajstić information content (AvgIpc) is 2.45. The molecule has 21 heavy (non-hydrogen) atoms. The number of benzene rings is 1. The predicted molar refractivity (Wildman–Crippen MR) is 92.8 cm³/mol. The lowest BCUT2D eigenvalue weighted by Gasteiger charge is -2.26. The number of nitrogens with one attached hydrogen (secondary N) is 1. The zero-order valence-electron chi connectivity index (χ0n) is 14.2. The molecule has 1 aromatic carbocycles. The van der Waals surface area contributed by atoms with Crippen molar-refractivity contribution in [2.75, 3.05) is 26.5 Å². The van der Waals surface area contributed by atoms with Gasteiger partial charge in [-0.15, -0.1) is 0 Å². The fraction of sp³-hybridized carbons (Fsp3) is 0.647. The van der Waals surface area contributed by atoms with Gasteiger partial charge in [0, 0.05) is 16.5 Å². The fourth-order valence-electron chi connectivity index (χ4n) is 2.12. The first-order valence-corrected chi connectivity index (χ1v) is 8.49. The van der Waals surface area contributed by atoms with Crippen LogP contribution >= 0.6 is 11.8 Å². The second-order valence-corrected chi connectivity index (χ2v) is 7.85. The molecular weight excluding hydrogens is 282 g/mol. The van der Waals surface area contributed by atoms with E-state index >= 15 is 0 Å². The van der Waals surface area contributed by atoms with Gasteiger partial charge in [-0.1, -0.05) is 33.8 Å². The van der Waals surface area contributed by atoms with Crippen molar-refractivity contribution in [1.29, 1.82) is 0 Å². The summed E-state index contributed by atoms with van der Waals surface area (Å²) in [4.78, 5) is 0. The molecule has 0 bridgehead atoms. The summed E-state index contributed by atoms with van der Waals surface area (Å²) in [6.07, 6.45) is 1.11. The van der Waals surface area contributed by atoms with Gasteiger partial charge in [-0.05, 0) is 25.1 Å². The van der Waals surface area contributed by atoms with Crippen LogP contribution in [0.1, 0.15) is 45.7 Å². The van der Waals surface area contributed by atoms with Crippen molar-refractivity contribution in [2.45, 2.75) is 44.9 Å². The number of methoxy groups -OCH3 is 2. The quantitative estimate of drug-likeness (QED) is 0.776. The minimum atomic E-state index is 0.222. The molecular formula is C17H29NO2S. The molecule has 120 valence electrons. The van der Waals surface area contributed by atoms with E-state index in [1.807, 2.05) is 30.0 Å². The summed E-state index contributed by atoms with van der Waals surface area (Å²) < 4.78 is 11.3. The lowest BCUT2D eigenvalue weighted by molar-refractivity contribution is 0.374. The first kappa shape index (κ1) is 18.2. The van der Waals surface area contributed by atoms with Crippen LogP contribution in [0.5, 0.6) is 11.5 Å². The van der Waals surface area contributed by atoms with E-state index in [-0.39, 0.29) is 10.8 Å². The van der Waals surface area contributed by atoms with Gasteiger partial charge in [-0.25, -0.2) is 0 Å². The van der Waals surface area contributed by atoms with Gasteiger partial charge in [0.15, 0.2) is 0 Å². The van der Waals surface area contributed by atoms with E-state index in [1.54, 1.807) is 14.2 Å². The maximum absolute atomic E-state index is 5.55. The molecule has 0 spiro atoms. The van der Waals surface area contributed by atoms with Crippen LogP contribution < -0.4 is 14.8 Å². The van der Waals surface area contributed by atoms with E-state index in [1.165, 1.54) is 0 Å². The van der Waals surface area contributed by atoms with Crippen LogP contribution in [0.15, 0.2) is 18.2 Å². The lowest BCUT2D eigenvalue weighted by Crippen LogP contribution is -2.27. The predicted octanol–water partition coefficient (Wildman–Crippen LogP) is 4.28. The van der Waals surface area contributed by atoms with Crippen molar-refractivity contribution in [3.63, 3.8) is 0 Å². The molecule has 0 heterocycles. The van der Waals surface area contributed by atoms with Crippen molar-refractivity contribution >= 4 is 11.8 Å². The molecule has 1 aromatic rings. The van der Waals surface area contributed by atoms with Crippen LogP contribution in [0.4, 0.5) is 0 Å². The smallest absolute Gasteiger partial charge is 0.127 e. The highest BCUT2D eigenvalue weighted by Crippen LogP contribution is 2.37. The number of hydrogen-bond acceptors (Lipinski definition) is 4. The second-order valence-electron chi connectivity index (χ2n) is 6.01. The van der Waals surface area contributed by atoms with Gasteiger partial charge in [0.25, 0.3) is 0 Å². The van der Waals surface area contributed by atoms with Crippen LogP contribution in [0.25, 0.3) is 0 Å². The summed E-state index contributed by atoms with van der Waals surface area (Å²) >= 11 is 1.95. The highest BCUT2D eigenvalue weighted by Gasteiger charge is 2.23. The summed E-state index contributed by atoms with van der Waals surface area (Å²) in [6.45, 7) is 9.90. The number of hydrogen-bond donors (Lipinski definition) is 1. The average molecular weight is 311 g/mol. The Bertz CT molecular complexity index is 407. The number of ether oxygens (including phenoxy) is 2. The lowest BCUT2D eigenvalue weighted by atomic mass is 10.1. The fourth-order valence-corrected chi connectivity index (χ4v) is 3.07. The largest absolute Gasteiger partial charge is 0.496 e. The van der Waals surface area contributed by atoms with Gasteiger partial charge >= 0.3 is 0 Å². The topological polar surface area (TPSA) is 30.5 Å². The van der Waals surface area contributed by atoms with Gasteiger partial charge in [0.2, 0.25) is 0 Å². The molecule has 0 radical (unpaired) electrons. The molecule has 0 aliphatic carbocycles.